The van der Waals surface area contributed by atoms with E-state index < -0.39 is 6.10 Å². The van der Waals surface area contributed by atoms with Crippen LogP contribution in [0.15, 0.2) is 24.3 Å². The Labute approximate surface area is 134 Å². The van der Waals surface area contributed by atoms with Crippen molar-refractivity contribution >= 4 is 11.6 Å². The summed E-state index contributed by atoms with van der Waals surface area (Å²) in [5.74, 6) is 0.397. The first-order chi connectivity index (χ1) is 10.5. The van der Waals surface area contributed by atoms with E-state index in [1.807, 2.05) is 12.1 Å². The second-order valence-electron chi connectivity index (χ2n) is 6.03. The van der Waals surface area contributed by atoms with Crippen LogP contribution in [0.2, 0.25) is 0 Å². The van der Waals surface area contributed by atoms with Gasteiger partial charge in [-0.25, -0.2) is 0 Å². The first kappa shape index (κ1) is 18.5. The Morgan fingerprint density at radius 1 is 1.27 bits per heavy atom. The van der Waals surface area contributed by atoms with E-state index in [0.29, 0.717) is 19.1 Å². The number of anilines is 1. The van der Waals surface area contributed by atoms with Gasteiger partial charge in [0, 0.05) is 31.9 Å². The fourth-order valence-corrected chi connectivity index (χ4v) is 2.24. The first-order valence-corrected chi connectivity index (χ1v) is 8.15. The van der Waals surface area contributed by atoms with E-state index in [0.717, 1.165) is 13.1 Å². The molecule has 124 valence electrons. The van der Waals surface area contributed by atoms with Gasteiger partial charge in [-0.1, -0.05) is 32.0 Å². The summed E-state index contributed by atoms with van der Waals surface area (Å²) in [6.07, 6.45) is -0.393. The maximum absolute atomic E-state index is 12.0. The molecule has 0 saturated carbocycles. The van der Waals surface area contributed by atoms with Crippen molar-refractivity contribution in [1.82, 2.24) is 5.32 Å². The maximum Gasteiger partial charge on any atom is 0.248 e. The highest BCUT2D eigenvalue weighted by Crippen LogP contribution is 2.18. The predicted molar refractivity (Wildman–Crippen MR) is 92.3 cm³/mol. The summed E-state index contributed by atoms with van der Waals surface area (Å²) in [4.78, 5) is 14.2. The number of nitrogens with one attached hydrogen (secondary N) is 1. The lowest BCUT2D eigenvalue weighted by molar-refractivity contribution is -0.132. The second kappa shape index (κ2) is 9.46. The third-order valence-corrected chi connectivity index (χ3v) is 3.57. The van der Waals surface area contributed by atoms with Gasteiger partial charge in [0.05, 0.1) is 0 Å². The Morgan fingerprint density at radius 2 is 1.95 bits per heavy atom. The molecule has 1 rings (SSSR count). The number of aryl methyl sites for hydroxylation is 1. The highest BCUT2D eigenvalue weighted by molar-refractivity contribution is 5.80. The van der Waals surface area contributed by atoms with E-state index in [4.69, 9.17) is 4.74 Å². The normalized spacial score (nSPS) is 12.3. The summed E-state index contributed by atoms with van der Waals surface area (Å²) in [7, 11) is 0. The van der Waals surface area contributed by atoms with Crippen LogP contribution in [0.25, 0.3) is 0 Å². The number of para-hydroxylation sites is 1. The minimum atomic E-state index is -0.393. The third kappa shape index (κ3) is 6.06. The van der Waals surface area contributed by atoms with Gasteiger partial charge in [-0.2, -0.15) is 0 Å². The van der Waals surface area contributed by atoms with Crippen LogP contribution in [0.3, 0.4) is 0 Å². The SMILES string of the molecule is CCN(CCNC(=O)C(C)OCC(C)C)c1ccccc1C. The summed E-state index contributed by atoms with van der Waals surface area (Å²) in [5, 5.41) is 2.95. The zero-order chi connectivity index (χ0) is 16.5. The van der Waals surface area contributed by atoms with Gasteiger partial charge in [-0.3, -0.25) is 4.79 Å². The summed E-state index contributed by atoms with van der Waals surface area (Å²) in [5.41, 5.74) is 2.48. The van der Waals surface area contributed by atoms with Crippen molar-refractivity contribution in [1.29, 1.82) is 0 Å². The van der Waals surface area contributed by atoms with E-state index in [1.165, 1.54) is 11.3 Å². The average Bonchev–Trinajstić information content (AvgIpc) is 2.50. The zero-order valence-electron chi connectivity index (χ0n) is 14.6. The standard InChI is InChI=1S/C18H30N2O2/c1-6-20(17-10-8-7-9-15(17)4)12-11-19-18(21)16(5)22-13-14(2)3/h7-10,14,16H,6,11-13H2,1-5H3,(H,19,21). The molecule has 0 fully saturated rings. The molecule has 4 nitrogen and oxygen atoms in total. The topological polar surface area (TPSA) is 41.6 Å². The van der Waals surface area contributed by atoms with Gasteiger partial charge >= 0.3 is 0 Å². The van der Waals surface area contributed by atoms with Gasteiger partial charge in [0.2, 0.25) is 5.91 Å². The summed E-state index contributed by atoms with van der Waals surface area (Å²) in [6.45, 7) is 13.1. The number of amides is 1. The fraction of sp³-hybridized carbons (Fsp3) is 0.611. The minimum absolute atomic E-state index is 0.0403. The molecular weight excluding hydrogens is 276 g/mol. The molecule has 4 heteroatoms. The second-order valence-corrected chi connectivity index (χ2v) is 6.03. The van der Waals surface area contributed by atoms with Crippen molar-refractivity contribution in [2.24, 2.45) is 5.92 Å². The largest absolute Gasteiger partial charge is 0.370 e. The van der Waals surface area contributed by atoms with E-state index in [-0.39, 0.29) is 5.91 Å². The van der Waals surface area contributed by atoms with Crippen LogP contribution in [0.5, 0.6) is 0 Å². The molecular formula is C18H30N2O2. The van der Waals surface area contributed by atoms with Gasteiger partial charge in [-0.15, -0.1) is 0 Å². The molecule has 0 radical (unpaired) electrons. The zero-order valence-corrected chi connectivity index (χ0v) is 14.6. The summed E-state index contributed by atoms with van der Waals surface area (Å²) in [6, 6.07) is 8.32. The average molecular weight is 306 g/mol. The summed E-state index contributed by atoms with van der Waals surface area (Å²) < 4.78 is 5.53. The molecule has 0 spiro atoms. The molecule has 1 aromatic rings. The number of hydrogen-bond acceptors (Lipinski definition) is 3. The van der Waals surface area contributed by atoms with Gasteiger partial charge in [-0.05, 0) is 38.3 Å². The molecule has 1 amide bonds. The molecule has 1 atom stereocenters. The van der Waals surface area contributed by atoms with Crippen molar-refractivity contribution in [3.8, 4) is 0 Å². The molecule has 0 aliphatic carbocycles. The Morgan fingerprint density at radius 3 is 2.55 bits per heavy atom. The van der Waals surface area contributed by atoms with Crippen molar-refractivity contribution in [2.75, 3.05) is 31.1 Å². The van der Waals surface area contributed by atoms with Gasteiger partial charge in [0.25, 0.3) is 0 Å². The van der Waals surface area contributed by atoms with Crippen molar-refractivity contribution in [2.45, 2.75) is 40.7 Å². The Bertz CT molecular complexity index is 460. The molecule has 0 saturated heterocycles. The number of likely N-dealkylation sites (N-methyl/N-ethyl adjacent to an activating group) is 1. The van der Waals surface area contributed by atoms with Crippen LogP contribution in [0.1, 0.15) is 33.3 Å². The minimum Gasteiger partial charge on any atom is -0.370 e. The van der Waals surface area contributed by atoms with Crippen LogP contribution >= 0.6 is 0 Å². The Balaban J connectivity index is 2.41. The molecule has 0 bridgehead atoms. The highest BCUT2D eigenvalue weighted by atomic mass is 16.5. The quantitative estimate of drug-likeness (QED) is 0.762. The third-order valence-electron chi connectivity index (χ3n) is 3.57. The first-order valence-electron chi connectivity index (χ1n) is 8.15. The smallest absolute Gasteiger partial charge is 0.248 e. The van der Waals surface area contributed by atoms with E-state index >= 15 is 0 Å². The van der Waals surface area contributed by atoms with Gasteiger partial charge in [0.1, 0.15) is 6.10 Å². The monoisotopic (exact) mass is 306 g/mol. The van der Waals surface area contributed by atoms with Crippen molar-refractivity contribution in [3.05, 3.63) is 29.8 Å². The van der Waals surface area contributed by atoms with Crippen molar-refractivity contribution in [3.63, 3.8) is 0 Å². The van der Waals surface area contributed by atoms with E-state index in [2.05, 4.69) is 50.0 Å². The maximum atomic E-state index is 12.0. The van der Waals surface area contributed by atoms with E-state index in [9.17, 15) is 4.79 Å². The molecule has 0 aliphatic heterocycles. The molecule has 0 aromatic heterocycles. The molecule has 1 unspecified atom stereocenters. The number of carbonyl (C=O) groups is 1. The Hall–Kier alpha value is -1.55. The lowest BCUT2D eigenvalue weighted by atomic mass is 10.2. The van der Waals surface area contributed by atoms with Crippen LogP contribution in [0.4, 0.5) is 5.69 Å². The fourth-order valence-electron chi connectivity index (χ4n) is 2.24. The molecule has 1 N–H and O–H groups in total. The molecule has 0 heterocycles. The number of ether oxygens (including phenoxy) is 1. The van der Waals surface area contributed by atoms with Gasteiger partial charge in [0.15, 0.2) is 0 Å². The van der Waals surface area contributed by atoms with Crippen molar-refractivity contribution < 1.29 is 9.53 Å². The molecule has 22 heavy (non-hydrogen) atoms. The number of carbonyl (C=O) groups excluding carboxylic acids is 1. The highest BCUT2D eigenvalue weighted by Gasteiger charge is 2.14. The number of nitrogens with zero attached hydrogens (tertiary/aromatic N) is 1. The van der Waals surface area contributed by atoms with E-state index in [1.54, 1.807) is 6.92 Å². The predicted octanol–water partition coefficient (Wildman–Crippen LogP) is 3.00. The van der Waals surface area contributed by atoms with Gasteiger partial charge < -0.3 is 15.0 Å². The lowest BCUT2D eigenvalue weighted by Gasteiger charge is -2.25. The van der Waals surface area contributed by atoms with Crippen LogP contribution in [0, 0.1) is 12.8 Å². The lowest BCUT2D eigenvalue weighted by Crippen LogP contribution is -2.40. The van der Waals surface area contributed by atoms with Crippen LogP contribution in [-0.4, -0.2) is 38.3 Å². The van der Waals surface area contributed by atoms with Crippen LogP contribution in [-0.2, 0) is 9.53 Å². The number of rotatable bonds is 9. The van der Waals surface area contributed by atoms with Crippen LogP contribution < -0.4 is 10.2 Å². The summed E-state index contributed by atoms with van der Waals surface area (Å²) >= 11 is 0. The number of hydrogen-bond donors (Lipinski definition) is 1. The molecule has 0 aliphatic rings. The Kier molecular flexibility index (Phi) is 7.96. The number of benzene rings is 1. The molecule has 1 aromatic carbocycles.